The van der Waals surface area contributed by atoms with Crippen LogP contribution in [0.4, 0.5) is 26.2 Å². The van der Waals surface area contributed by atoms with Crippen LogP contribution in [-0.2, 0) is 11.2 Å². The molecule has 3 N–H and O–H groups in total. The second-order valence-electron chi connectivity index (χ2n) is 10.7. The Bertz CT molecular complexity index is 1530. The fraction of sp³-hybridized carbons (Fsp3) is 0.367. The summed E-state index contributed by atoms with van der Waals surface area (Å²) in [5.41, 5.74) is 2.52. The Labute approximate surface area is 236 Å². The Morgan fingerprint density at radius 2 is 1.73 bits per heavy atom. The van der Waals surface area contributed by atoms with Gasteiger partial charge in [-0.3, -0.25) is 9.89 Å². The lowest BCUT2D eigenvalue weighted by Crippen LogP contribution is -2.45. The Morgan fingerprint density at radius 3 is 2.49 bits per heavy atom. The lowest BCUT2D eigenvalue weighted by atomic mass is 10.0. The van der Waals surface area contributed by atoms with Gasteiger partial charge in [-0.25, -0.2) is 13.8 Å². The van der Waals surface area contributed by atoms with Gasteiger partial charge >= 0.3 is 0 Å². The molecule has 1 amide bonds. The zero-order valence-electron chi connectivity index (χ0n) is 22.9. The van der Waals surface area contributed by atoms with E-state index in [1.165, 1.54) is 12.1 Å². The SMILES string of the molecule is CN1CCN(c2ccc(C(=O)Nc3n[nH]c4ccc(Cc5cc(F)cc(F)c5)cc34)c(NC3CCOCC3)n2)CC1. The fourth-order valence-electron chi connectivity index (χ4n) is 5.38. The maximum absolute atomic E-state index is 13.7. The average Bonchev–Trinajstić information content (AvgIpc) is 3.35. The lowest BCUT2D eigenvalue weighted by Gasteiger charge is -2.33. The number of H-pyrrole nitrogens is 1. The van der Waals surface area contributed by atoms with E-state index in [1.807, 2.05) is 30.3 Å². The van der Waals surface area contributed by atoms with Crippen molar-refractivity contribution in [1.29, 1.82) is 0 Å². The summed E-state index contributed by atoms with van der Waals surface area (Å²) in [4.78, 5) is 23.1. The zero-order chi connectivity index (χ0) is 28.3. The van der Waals surface area contributed by atoms with Gasteiger partial charge in [0.1, 0.15) is 23.3 Å². The Kier molecular flexibility index (Phi) is 7.80. The number of likely N-dealkylation sites (N-methyl/N-ethyl adjacent to an activating group) is 1. The van der Waals surface area contributed by atoms with Crippen LogP contribution in [0, 0.1) is 11.6 Å². The largest absolute Gasteiger partial charge is 0.381 e. The molecule has 4 aromatic rings. The summed E-state index contributed by atoms with van der Waals surface area (Å²) in [5, 5.41) is 14.4. The molecule has 4 heterocycles. The van der Waals surface area contributed by atoms with Gasteiger partial charge in [0.2, 0.25) is 0 Å². The van der Waals surface area contributed by atoms with Crippen molar-refractivity contribution in [2.24, 2.45) is 0 Å². The van der Waals surface area contributed by atoms with E-state index in [4.69, 9.17) is 9.72 Å². The number of carbonyl (C=O) groups is 1. The topological polar surface area (TPSA) is 98.4 Å². The van der Waals surface area contributed by atoms with Gasteiger partial charge < -0.3 is 25.2 Å². The number of rotatable bonds is 7. The monoisotopic (exact) mass is 561 g/mol. The molecule has 9 nitrogen and oxygen atoms in total. The van der Waals surface area contributed by atoms with Crippen LogP contribution in [0.25, 0.3) is 10.9 Å². The summed E-state index contributed by atoms with van der Waals surface area (Å²) < 4.78 is 32.9. The summed E-state index contributed by atoms with van der Waals surface area (Å²) >= 11 is 0. The van der Waals surface area contributed by atoms with Gasteiger partial charge in [0, 0.05) is 56.9 Å². The highest BCUT2D eigenvalue weighted by Crippen LogP contribution is 2.27. The van der Waals surface area contributed by atoms with Crippen molar-refractivity contribution in [3.8, 4) is 0 Å². The fourth-order valence-corrected chi connectivity index (χ4v) is 5.38. The molecule has 0 unspecified atom stereocenters. The highest BCUT2D eigenvalue weighted by atomic mass is 19.1. The summed E-state index contributed by atoms with van der Waals surface area (Å²) in [7, 11) is 2.11. The van der Waals surface area contributed by atoms with Crippen molar-refractivity contribution in [2.45, 2.75) is 25.3 Å². The van der Waals surface area contributed by atoms with Crippen LogP contribution < -0.4 is 15.5 Å². The van der Waals surface area contributed by atoms with Gasteiger partial charge in [-0.05, 0) is 73.8 Å². The van der Waals surface area contributed by atoms with Gasteiger partial charge in [0.25, 0.3) is 5.91 Å². The Morgan fingerprint density at radius 1 is 0.976 bits per heavy atom. The highest BCUT2D eigenvalue weighted by molar-refractivity contribution is 6.10. The van der Waals surface area contributed by atoms with E-state index in [1.54, 1.807) is 0 Å². The number of nitrogens with one attached hydrogen (secondary N) is 3. The maximum atomic E-state index is 13.7. The number of amides is 1. The summed E-state index contributed by atoms with van der Waals surface area (Å²) in [6, 6.07) is 12.9. The number of piperazine rings is 1. The third-order valence-corrected chi connectivity index (χ3v) is 7.70. The molecule has 6 rings (SSSR count). The molecule has 2 fully saturated rings. The van der Waals surface area contributed by atoms with Gasteiger partial charge in [0.15, 0.2) is 5.82 Å². The minimum absolute atomic E-state index is 0.159. The van der Waals surface area contributed by atoms with Crippen LogP contribution in [0.1, 0.15) is 34.3 Å². The Hall–Kier alpha value is -4.09. The molecule has 2 saturated heterocycles. The summed E-state index contributed by atoms with van der Waals surface area (Å²) in [6.07, 6.45) is 2.01. The molecule has 0 spiro atoms. The van der Waals surface area contributed by atoms with E-state index < -0.39 is 11.6 Å². The number of pyridine rings is 1. The smallest absolute Gasteiger partial charge is 0.260 e. The normalized spacial score (nSPS) is 16.7. The van der Waals surface area contributed by atoms with E-state index in [9.17, 15) is 13.6 Å². The van der Waals surface area contributed by atoms with Crippen molar-refractivity contribution in [3.05, 3.63) is 76.9 Å². The van der Waals surface area contributed by atoms with Crippen LogP contribution in [0.15, 0.2) is 48.5 Å². The molecule has 0 saturated carbocycles. The minimum atomic E-state index is -0.616. The molecule has 0 aliphatic carbocycles. The van der Waals surface area contributed by atoms with Crippen LogP contribution >= 0.6 is 0 Å². The number of hydrogen-bond donors (Lipinski definition) is 3. The number of anilines is 3. The first-order valence-corrected chi connectivity index (χ1v) is 13.9. The predicted octanol–water partition coefficient (Wildman–Crippen LogP) is 4.42. The number of ether oxygens (including phenoxy) is 1. The van der Waals surface area contributed by atoms with Crippen molar-refractivity contribution in [3.63, 3.8) is 0 Å². The molecule has 2 aliphatic rings. The number of aromatic amines is 1. The van der Waals surface area contributed by atoms with E-state index in [0.717, 1.165) is 62.0 Å². The molecular formula is C30H33F2N7O2. The van der Waals surface area contributed by atoms with E-state index in [-0.39, 0.29) is 11.9 Å². The number of fused-ring (bicyclic) bond motifs is 1. The molecule has 2 aromatic carbocycles. The van der Waals surface area contributed by atoms with Crippen molar-refractivity contribution in [1.82, 2.24) is 20.1 Å². The van der Waals surface area contributed by atoms with Gasteiger partial charge in [-0.2, -0.15) is 5.10 Å². The predicted molar refractivity (Wildman–Crippen MR) is 155 cm³/mol. The van der Waals surface area contributed by atoms with E-state index in [2.05, 4.69) is 37.7 Å². The molecule has 0 radical (unpaired) electrons. The second-order valence-corrected chi connectivity index (χ2v) is 10.7. The number of halogens is 2. The van der Waals surface area contributed by atoms with E-state index in [0.29, 0.717) is 47.8 Å². The number of nitrogens with zero attached hydrogens (tertiary/aromatic N) is 4. The summed E-state index contributed by atoms with van der Waals surface area (Å²) in [5.74, 6) is 0.192. The van der Waals surface area contributed by atoms with Crippen LogP contribution in [0.3, 0.4) is 0 Å². The van der Waals surface area contributed by atoms with Crippen molar-refractivity contribution in [2.75, 3.05) is 62.0 Å². The quantitative estimate of drug-likeness (QED) is 0.307. The standard InChI is InChI=1S/C30H33F2N7O2/c1-38-8-10-39(11-9-38)27-5-3-24(28(34-27)33-23-6-12-41-13-7-23)30(40)35-29-25-17-19(2-4-26(25)36-37-29)14-20-15-21(31)18-22(32)16-20/h2-5,15-18,23H,6-14H2,1H3,(H,33,34)(H2,35,36,37,40). The van der Waals surface area contributed by atoms with Gasteiger partial charge in [0.05, 0.1) is 11.1 Å². The zero-order valence-corrected chi connectivity index (χ0v) is 22.9. The molecule has 0 bridgehead atoms. The lowest BCUT2D eigenvalue weighted by molar-refractivity contribution is 0.0903. The second kappa shape index (κ2) is 11.8. The molecule has 0 atom stereocenters. The van der Waals surface area contributed by atoms with Crippen molar-refractivity contribution < 1.29 is 18.3 Å². The first-order chi connectivity index (χ1) is 19.9. The molecule has 2 aliphatic heterocycles. The van der Waals surface area contributed by atoms with Crippen LogP contribution in [0.2, 0.25) is 0 Å². The third kappa shape index (κ3) is 6.31. The first kappa shape index (κ1) is 27.1. The third-order valence-electron chi connectivity index (χ3n) is 7.70. The van der Waals surface area contributed by atoms with Crippen molar-refractivity contribution >= 4 is 34.3 Å². The molecule has 11 heteroatoms. The highest BCUT2D eigenvalue weighted by Gasteiger charge is 2.23. The van der Waals surface area contributed by atoms with Crippen LogP contribution in [-0.4, -0.2) is 78.5 Å². The Balaban J connectivity index is 1.25. The number of benzene rings is 2. The number of hydrogen-bond acceptors (Lipinski definition) is 7. The molecule has 214 valence electrons. The first-order valence-electron chi connectivity index (χ1n) is 13.9. The van der Waals surface area contributed by atoms with Gasteiger partial charge in [-0.15, -0.1) is 0 Å². The summed E-state index contributed by atoms with van der Waals surface area (Å²) in [6.45, 7) is 4.98. The minimum Gasteiger partial charge on any atom is -0.381 e. The van der Waals surface area contributed by atoms with E-state index >= 15 is 0 Å². The molecule has 2 aromatic heterocycles. The van der Waals surface area contributed by atoms with Crippen LogP contribution in [0.5, 0.6) is 0 Å². The average molecular weight is 562 g/mol. The maximum Gasteiger partial charge on any atom is 0.260 e. The number of carbonyl (C=O) groups excluding carboxylic acids is 1. The molecular weight excluding hydrogens is 528 g/mol. The molecule has 41 heavy (non-hydrogen) atoms. The van der Waals surface area contributed by atoms with Gasteiger partial charge in [-0.1, -0.05) is 6.07 Å². The number of aromatic nitrogens is 3.